The maximum atomic E-state index is 13.7. The van der Waals surface area contributed by atoms with Gasteiger partial charge < -0.3 is 4.90 Å². The predicted octanol–water partition coefficient (Wildman–Crippen LogP) is 3.04. The number of amides is 1. The first-order chi connectivity index (χ1) is 7.47. The van der Waals surface area contributed by atoms with Gasteiger partial charge in [-0.1, -0.05) is 19.9 Å². The van der Waals surface area contributed by atoms with Crippen molar-refractivity contribution in [1.82, 2.24) is 4.90 Å². The van der Waals surface area contributed by atoms with Crippen molar-refractivity contribution >= 4 is 5.91 Å². The second-order valence-corrected chi connectivity index (χ2v) is 4.21. The second kappa shape index (κ2) is 5.10. The largest absolute Gasteiger partial charge is 0.342 e. The van der Waals surface area contributed by atoms with Crippen LogP contribution in [-0.4, -0.2) is 24.4 Å². The molecule has 0 atom stereocenters. The van der Waals surface area contributed by atoms with Crippen molar-refractivity contribution in [2.24, 2.45) is 0 Å². The zero-order valence-corrected chi connectivity index (χ0v) is 10.2. The first-order valence-electron chi connectivity index (χ1n) is 5.52. The molecule has 0 N–H and O–H groups in total. The van der Waals surface area contributed by atoms with Gasteiger partial charge in [0, 0.05) is 13.6 Å². The Bertz CT molecular complexity index is 388. The normalized spacial score (nSPS) is 10.6. The van der Waals surface area contributed by atoms with E-state index in [1.54, 1.807) is 13.1 Å². The van der Waals surface area contributed by atoms with E-state index in [2.05, 4.69) is 0 Å². The van der Waals surface area contributed by atoms with E-state index in [1.165, 1.54) is 11.0 Å². The molecular formula is C13H18FNO. The maximum Gasteiger partial charge on any atom is 0.256 e. The summed E-state index contributed by atoms with van der Waals surface area (Å²) in [6, 6.07) is 4.82. The van der Waals surface area contributed by atoms with Gasteiger partial charge in [0.15, 0.2) is 0 Å². The molecule has 1 rings (SSSR count). The summed E-state index contributed by atoms with van der Waals surface area (Å²) < 4.78 is 13.7. The van der Waals surface area contributed by atoms with E-state index < -0.39 is 5.82 Å². The molecule has 0 aromatic heterocycles. The number of benzene rings is 1. The summed E-state index contributed by atoms with van der Waals surface area (Å²) in [4.78, 5) is 13.3. The smallest absolute Gasteiger partial charge is 0.256 e. The SMILES string of the molecule is CCN(C)C(=O)c1ccc(C(C)C)cc1F. The molecule has 0 saturated carbocycles. The molecule has 0 aliphatic rings. The van der Waals surface area contributed by atoms with Crippen LogP contribution in [0.3, 0.4) is 0 Å². The number of nitrogens with zero attached hydrogens (tertiary/aromatic N) is 1. The van der Waals surface area contributed by atoms with Gasteiger partial charge in [0.05, 0.1) is 5.56 Å². The molecule has 0 unspecified atom stereocenters. The number of carbonyl (C=O) groups is 1. The standard InChI is InChI=1S/C13H18FNO/c1-5-15(4)13(16)11-7-6-10(9(2)3)8-12(11)14/h6-9H,5H2,1-4H3. The minimum Gasteiger partial charge on any atom is -0.342 e. The maximum absolute atomic E-state index is 13.7. The summed E-state index contributed by atoms with van der Waals surface area (Å²) in [5, 5.41) is 0. The van der Waals surface area contributed by atoms with Crippen molar-refractivity contribution in [1.29, 1.82) is 0 Å². The highest BCUT2D eigenvalue weighted by Crippen LogP contribution is 2.18. The third kappa shape index (κ3) is 2.60. The van der Waals surface area contributed by atoms with Gasteiger partial charge in [0.1, 0.15) is 5.82 Å². The topological polar surface area (TPSA) is 20.3 Å². The molecule has 0 radical (unpaired) electrons. The molecule has 0 aliphatic carbocycles. The summed E-state index contributed by atoms with van der Waals surface area (Å²) in [5.74, 6) is -0.436. The third-order valence-electron chi connectivity index (χ3n) is 2.71. The fraction of sp³-hybridized carbons (Fsp3) is 0.462. The Hall–Kier alpha value is -1.38. The van der Waals surface area contributed by atoms with Crippen molar-refractivity contribution < 1.29 is 9.18 Å². The summed E-state index contributed by atoms with van der Waals surface area (Å²) in [7, 11) is 1.66. The molecule has 0 bridgehead atoms. The van der Waals surface area contributed by atoms with Gasteiger partial charge in [-0.25, -0.2) is 4.39 Å². The van der Waals surface area contributed by atoms with E-state index in [-0.39, 0.29) is 17.4 Å². The number of carbonyl (C=O) groups excluding carboxylic acids is 1. The van der Waals surface area contributed by atoms with Crippen LogP contribution >= 0.6 is 0 Å². The highest BCUT2D eigenvalue weighted by atomic mass is 19.1. The number of hydrogen-bond acceptors (Lipinski definition) is 1. The molecule has 0 saturated heterocycles. The van der Waals surface area contributed by atoms with Crippen LogP contribution in [-0.2, 0) is 0 Å². The lowest BCUT2D eigenvalue weighted by Gasteiger charge is -2.15. The van der Waals surface area contributed by atoms with Crippen LogP contribution in [0.25, 0.3) is 0 Å². The number of hydrogen-bond donors (Lipinski definition) is 0. The van der Waals surface area contributed by atoms with E-state index in [1.807, 2.05) is 26.8 Å². The molecule has 3 heteroatoms. The molecule has 1 aromatic carbocycles. The van der Waals surface area contributed by atoms with Crippen molar-refractivity contribution in [3.8, 4) is 0 Å². The molecule has 2 nitrogen and oxygen atoms in total. The average molecular weight is 223 g/mol. The van der Waals surface area contributed by atoms with Crippen LogP contribution in [0.4, 0.5) is 4.39 Å². The van der Waals surface area contributed by atoms with E-state index >= 15 is 0 Å². The summed E-state index contributed by atoms with van der Waals surface area (Å²) in [6.45, 7) is 6.42. The Morgan fingerprint density at radius 3 is 2.50 bits per heavy atom. The van der Waals surface area contributed by atoms with Gasteiger partial charge >= 0.3 is 0 Å². The second-order valence-electron chi connectivity index (χ2n) is 4.21. The van der Waals surface area contributed by atoms with Crippen LogP contribution in [0.15, 0.2) is 18.2 Å². The van der Waals surface area contributed by atoms with Gasteiger partial charge in [-0.15, -0.1) is 0 Å². The first-order valence-corrected chi connectivity index (χ1v) is 5.52. The van der Waals surface area contributed by atoms with E-state index in [9.17, 15) is 9.18 Å². The van der Waals surface area contributed by atoms with E-state index in [4.69, 9.17) is 0 Å². The van der Waals surface area contributed by atoms with E-state index in [0.29, 0.717) is 6.54 Å². The van der Waals surface area contributed by atoms with E-state index in [0.717, 1.165) is 5.56 Å². The quantitative estimate of drug-likeness (QED) is 0.771. The van der Waals surface area contributed by atoms with Crippen LogP contribution < -0.4 is 0 Å². The molecule has 0 fully saturated rings. The zero-order chi connectivity index (χ0) is 12.3. The van der Waals surface area contributed by atoms with Crippen LogP contribution in [0.1, 0.15) is 42.6 Å². The Labute approximate surface area is 96.1 Å². The van der Waals surface area contributed by atoms with Crippen LogP contribution in [0.2, 0.25) is 0 Å². The molecule has 1 aromatic rings. The van der Waals surface area contributed by atoms with Crippen molar-refractivity contribution in [3.05, 3.63) is 35.1 Å². The molecule has 16 heavy (non-hydrogen) atoms. The predicted molar refractivity (Wildman–Crippen MR) is 63.1 cm³/mol. The number of halogens is 1. The monoisotopic (exact) mass is 223 g/mol. The third-order valence-corrected chi connectivity index (χ3v) is 2.71. The van der Waals surface area contributed by atoms with Crippen LogP contribution in [0, 0.1) is 5.82 Å². The fourth-order valence-corrected chi connectivity index (χ4v) is 1.41. The van der Waals surface area contributed by atoms with Crippen molar-refractivity contribution in [2.45, 2.75) is 26.7 Å². The molecule has 0 heterocycles. The lowest BCUT2D eigenvalue weighted by molar-refractivity contribution is 0.0798. The lowest BCUT2D eigenvalue weighted by Crippen LogP contribution is -2.27. The molecule has 0 spiro atoms. The van der Waals surface area contributed by atoms with Gasteiger partial charge in [-0.3, -0.25) is 4.79 Å². The summed E-state index contributed by atoms with van der Waals surface area (Å²) >= 11 is 0. The molecule has 0 aliphatic heterocycles. The Balaban J connectivity index is 3.04. The zero-order valence-electron chi connectivity index (χ0n) is 10.2. The minimum atomic E-state index is -0.434. The molecular weight excluding hydrogens is 205 g/mol. The fourth-order valence-electron chi connectivity index (χ4n) is 1.41. The first kappa shape index (κ1) is 12.7. The highest BCUT2D eigenvalue weighted by Gasteiger charge is 2.15. The molecule has 1 amide bonds. The van der Waals surface area contributed by atoms with Crippen LogP contribution in [0.5, 0.6) is 0 Å². The summed E-state index contributed by atoms with van der Waals surface area (Å²) in [6.07, 6.45) is 0. The Kier molecular flexibility index (Phi) is 4.05. The van der Waals surface area contributed by atoms with Gasteiger partial charge in [0.25, 0.3) is 5.91 Å². The van der Waals surface area contributed by atoms with Gasteiger partial charge in [-0.2, -0.15) is 0 Å². The van der Waals surface area contributed by atoms with Gasteiger partial charge in [-0.05, 0) is 30.5 Å². The summed E-state index contributed by atoms with van der Waals surface area (Å²) in [5.41, 5.74) is 1.06. The minimum absolute atomic E-state index is 0.147. The number of rotatable bonds is 3. The molecule has 88 valence electrons. The Morgan fingerprint density at radius 2 is 2.06 bits per heavy atom. The average Bonchev–Trinajstić information content (AvgIpc) is 2.26. The van der Waals surface area contributed by atoms with Gasteiger partial charge in [0.2, 0.25) is 0 Å². The van der Waals surface area contributed by atoms with Crippen molar-refractivity contribution in [3.63, 3.8) is 0 Å². The lowest BCUT2D eigenvalue weighted by atomic mass is 10.0. The Morgan fingerprint density at radius 1 is 1.44 bits per heavy atom. The highest BCUT2D eigenvalue weighted by molar-refractivity contribution is 5.94. The van der Waals surface area contributed by atoms with Crippen molar-refractivity contribution in [2.75, 3.05) is 13.6 Å².